The highest BCUT2D eigenvalue weighted by Crippen LogP contribution is 2.21. The van der Waals surface area contributed by atoms with Crippen molar-refractivity contribution in [1.29, 1.82) is 0 Å². The van der Waals surface area contributed by atoms with Gasteiger partial charge in [-0.2, -0.15) is 0 Å². The third-order valence-corrected chi connectivity index (χ3v) is 5.83. The van der Waals surface area contributed by atoms with Gasteiger partial charge < -0.3 is 9.80 Å². The van der Waals surface area contributed by atoms with Crippen LogP contribution in [-0.2, 0) is 4.79 Å². The predicted molar refractivity (Wildman–Crippen MR) is 96.2 cm³/mol. The van der Waals surface area contributed by atoms with Gasteiger partial charge in [0.05, 0.1) is 11.4 Å². The lowest BCUT2D eigenvalue weighted by Gasteiger charge is -2.38. The number of thiophene rings is 1. The molecule has 0 saturated carbocycles. The quantitative estimate of drug-likeness (QED) is 0.838. The number of likely N-dealkylation sites (tertiary alicyclic amines) is 1. The van der Waals surface area contributed by atoms with Crippen LogP contribution >= 0.6 is 11.3 Å². The molecule has 2 fully saturated rings. The maximum absolute atomic E-state index is 12.6. The van der Waals surface area contributed by atoms with Crippen LogP contribution in [0.4, 0.5) is 0 Å². The zero-order valence-corrected chi connectivity index (χ0v) is 15.4. The third kappa shape index (κ3) is 4.16. The van der Waals surface area contributed by atoms with Crippen LogP contribution < -0.4 is 0 Å². The molecule has 2 saturated heterocycles. The Balaban J connectivity index is 1.47. The van der Waals surface area contributed by atoms with E-state index in [1.165, 1.54) is 17.8 Å². The van der Waals surface area contributed by atoms with Gasteiger partial charge in [0.25, 0.3) is 5.91 Å². The first-order valence-corrected chi connectivity index (χ1v) is 9.74. The molecular weight excluding hydrogens is 322 g/mol. The minimum Gasteiger partial charge on any atom is -0.341 e. The number of carbonyl (C=O) groups excluding carboxylic acids is 2. The molecule has 0 radical (unpaired) electrons. The zero-order chi connectivity index (χ0) is 17.1. The van der Waals surface area contributed by atoms with E-state index in [0.29, 0.717) is 31.5 Å². The van der Waals surface area contributed by atoms with Gasteiger partial charge in [-0.1, -0.05) is 19.9 Å². The Morgan fingerprint density at radius 1 is 1.08 bits per heavy atom. The summed E-state index contributed by atoms with van der Waals surface area (Å²) < 4.78 is 0. The molecule has 0 bridgehead atoms. The number of rotatable bonds is 3. The number of piperidine rings is 1. The molecule has 5 nitrogen and oxygen atoms in total. The Morgan fingerprint density at radius 2 is 1.75 bits per heavy atom. The normalized spacial score (nSPS) is 25.8. The molecule has 0 N–H and O–H groups in total. The van der Waals surface area contributed by atoms with Crippen molar-refractivity contribution in [3.63, 3.8) is 0 Å². The fraction of sp³-hybridized carbons (Fsp3) is 0.667. The molecule has 3 rings (SSSR count). The summed E-state index contributed by atoms with van der Waals surface area (Å²) in [6.45, 7) is 9.69. The summed E-state index contributed by atoms with van der Waals surface area (Å²) in [7, 11) is 0. The van der Waals surface area contributed by atoms with E-state index in [4.69, 9.17) is 0 Å². The highest BCUT2D eigenvalue weighted by Gasteiger charge is 2.28. The summed E-state index contributed by atoms with van der Waals surface area (Å²) in [5, 5.41) is 1.93. The Labute approximate surface area is 148 Å². The molecule has 1 aromatic rings. The SMILES string of the molecule is CC1CC(C)CN(C(=O)CN2CCN(C(=O)c3cccs3)CC2)C1. The van der Waals surface area contributed by atoms with E-state index in [1.54, 1.807) is 0 Å². The highest BCUT2D eigenvalue weighted by atomic mass is 32.1. The molecule has 132 valence electrons. The Morgan fingerprint density at radius 3 is 2.33 bits per heavy atom. The van der Waals surface area contributed by atoms with Crippen LogP contribution in [0.1, 0.15) is 29.9 Å². The first-order chi connectivity index (χ1) is 11.5. The summed E-state index contributed by atoms with van der Waals surface area (Å²) in [6, 6.07) is 3.79. The first-order valence-electron chi connectivity index (χ1n) is 8.86. The van der Waals surface area contributed by atoms with Gasteiger partial charge in [-0.25, -0.2) is 0 Å². The molecule has 6 heteroatoms. The van der Waals surface area contributed by atoms with E-state index < -0.39 is 0 Å². The molecule has 0 aliphatic carbocycles. The van der Waals surface area contributed by atoms with Crippen LogP contribution in [0, 0.1) is 11.8 Å². The molecule has 0 spiro atoms. The van der Waals surface area contributed by atoms with Gasteiger partial charge in [0.15, 0.2) is 0 Å². The fourth-order valence-corrected chi connectivity index (χ4v) is 4.51. The molecule has 2 amide bonds. The van der Waals surface area contributed by atoms with Gasteiger partial charge in [-0.05, 0) is 29.7 Å². The van der Waals surface area contributed by atoms with Gasteiger partial charge in [0.1, 0.15) is 0 Å². The molecule has 2 atom stereocenters. The number of hydrogen-bond donors (Lipinski definition) is 0. The lowest BCUT2D eigenvalue weighted by molar-refractivity contribution is -0.135. The standard InChI is InChI=1S/C18H27N3O2S/c1-14-10-15(2)12-21(11-14)17(22)13-19-5-7-20(8-6-19)18(23)16-4-3-9-24-16/h3-4,9,14-15H,5-8,10-13H2,1-2H3. The summed E-state index contributed by atoms with van der Waals surface area (Å²) in [6.07, 6.45) is 1.22. The van der Waals surface area contributed by atoms with Gasteiger partial charge in [0, 0.05) is 39.3 Å². The maximum atomic E-state index is 12.6. The largest absolute Gasteiger partial charge is 0.341 e. The number of piperazine rings is 1. The van der Waals surface area contributed by atoms with Crippen LogP contribution in [-0.4, -0.2) is 72.3 Å². The van der Waals surface area contributed by atoms with E-state index in [9.17, 15) is 9.59 Å². The van der Waals surface area contributed by atoms with Crippen molar-refractivity contribution in [2.75, 3.05) is 45.8 Å². The molecule has 0 aromatic carbocycles. The van der Waals surface area contributed by atoms with Crippen molar-refractivity contribution in [3.05, 3.63) is 22.4 Å². The van der Waals surface area contributed by atoms with Crippen LogP contribution in [0.25, 0.3) is 0 Å². The lowest BCUT2D eigenvalue weighted by Crippen LogP contribution is -2.52. The molecule has 2 aliphatic heterocycles. The van der Waals surface area contributed by atoms with Crippen LogP contribution in [0.2, 0.25) is 0 Å². The van der Waals surface area contributed by atoms with E-state index in [-0.39, 0.29) is 11.8 Å². The maximum Gasteiger partial charge on any atom is 0.264 e. The molecule has 3 heterocycles. The molecule has 24 heavy (non-hydrogen) atoms. The predicted octanol–water partition coefficient (Wildman–Crippen LogP) is 2.01. The average molecular weight is 350 g/mol. The Kier molecular flexibility index (Phi) is 5.56. The minimum absolute atomic E-state index is 0.120. The molecule has 1 aromatic heterocycles. The molecular formula is C18H27N3O2S. The summed E-state index contributed by atoms with van der Waals surface area (Å²) in [5.41, 5.74) is 0. The van der Waals surface area contributed by atoms with E-state index in [0.717, 1.165) is 31.1 Å². The lowest BCUT2D eigenvalue weighted by atomic mass is 9.92. The third-order valence-electron chi connectivity index (χ3n) is 4.97. The first kappa shape index (κ1) is 17.4. The van der Waals surface area contributed by atoms with Gasteiger partial charge >= 0.3 is 0 Å². The zero-order valence-electron chi connectivity index (χ0n) is 14.6. The second-order valence-electron chi connectivity index (χ2n) is 7.29. The average Bonchev–Trinajstić information content (AvgIpc) is 3.08. The minimum atomic E-state index is 0.120. The molecule has 2 aliphatic rings. The van der Waals surface area contributed by atoms with E-state index in [1.807, 2.05) is 27.3 Å². The number of carbonyl (C=O) groups is 2. The van der Waals surface area contributed by atoms with Gasteiger partial charge in [-0.15, -0.1) is 11.3 Å². The highest BCUT2D eigenvalue weighted by molar-refractivity contribution is 7.12. The van der Waals surface area contributed by atoms with Crippen molar-refractivity contribution in [1.82, 2.24) is 14.7 Å². The van der Waals surface area contributed by atoms with Crippen molar-refractivity contribution in [2.24, 2.45) is 11.8 Å². The van der Waals surface area contributed by atoms with Gasteiger partial charge in [-0.3, -0.25) is 14.5 Å². The van der Waals surface area contributed by atoms with E-state index >= 15 is 0 Å². The number of hydrogen-bond acceptors (Lipinski definition) is 4. The number of amides is 2. The summed E-state index contributed by atoms with van der Waals surface area (Å²) in [5.74, 6) is 1.55. The second-order valence-corrected chi connectivity index (χ2v) is 8.24. The van der Waals surface area contributed by atoms with Crippen molar-refractivity contribution in [3.8, 4) is 0 Å². The molecule has 2 unspecified atom stereocenters. The summed E-state index contributed by atoms with van der Waals surface area (Å²) >= 11 is 1.49. The second kappa shape index (κ2) is 7.66. The Hall–Kier alpha value is -1.40. The smallest absolute Gasteiger partial charge is 0.264 e. The van der Waals surface area contributed by atoms with Crippen molar-refractivity contribution >= 4 is 23.2 Å². The van der Waals surface area contributed by atoms with E-state index in [2.05, 4.69) is 18.7 Å². The topological polar surface area (TPSA) is 43.9 Å². The van der Waals surface area contributed by atoms with Crippen LogP contribution in [0.5, 0.6) is 0 Å². The monoisotopic (exact) mass is 349 g/mol. The van der Waals surface area contributed by atoms with Crippen molar-refractivity contribution < 1.29 is 9.59 Å². The fourth-order valence-electron chi connectivity index (χ4n) is 3.82. The Bertz CT molecular complexity index is 557. The summed E-state index contributed by atoms with van der Waals surface area (Å²) in [4.78, 5) is 31.8. The van der Waals surface area contributed by atoms with Crippen LogP contribution in [0.15, 0.2) is 17.5 Å². The van der Waals surface area contributed by atoms with Crippen LogP contribution in [0.3, 0.4) is 0 Å². The van der Waals surface area contributed by atoms with Crippen molar-refractivity contribution in [2.45, 2.75) is 20.3 Å². The number of nitrogens with zero attached hydrogens (tertiary/aromatic N) is 3. The van der Waals surface area contributed by atoms with Gasteiger partial charge in [0.2, 0.25) is 5.91 Å².